The molecule has 2 aliphatic heterocycles. The number of benzene rings is 2. The molecule has 2 aromatic carbocycles. The summed E-state index contributed by atoms with van der Waals surface area (Å²) in [5, 5.41) is 9.35. The lowest BCUT2D eigenvalue weighted by atomic mass is 9.89. The van der Waals surface area contributed by atoms with Crippen LogP contribution >= 0.6 is 11.6 Å². The summed E-state index contributed by atoms with van der Waals surface area (Å²) in [5.74, 6) is 2.23. The van der Waals surface area contributed by atoms with Gasteiger partial charge in [0.05, 0.1) is 31.9 Å². The van der Waals surface area contributed by atoms with Crippen LogP contribution in [0.1, 0.15) is 43.7 Å². The second-order valence-electron chi connectivity index (χ2n) is 8.62. The van der Waals surface area contributed by atoms with Gasteiger partial charge >= 0.3 is 0 Å². The Balaban J connectivity index is 1.46. The maximum atomic E-state index is 8.71. The molecule has 0 aromatic heterocycles. The molecule has 0 unspecified atom stereocenters. The number of methoxy groups -OCH3 is 2. The van der Waals surface area contributed by atoms with Gasteiger partial charge in [-0.05, 0) is 55.5 Å². The predicted octanol–water partition coefficient (Wildman–Crippen LogP) is 5.46. The van der Waals surface area contributed by atoms with Gasteiger partial charge in [-0.1, -0.05) is 17.7 Å². The molecule has 0 saturated carbocycles. The summed E-state index contributed by atoms with van der Waals surface area (Å²) in [6.07, 6.45) is 4.78. The van der Waals surface area contributed by atoms with Gasteiger partial charge in [-0.3, -0.25) is 4.90 Å². The highest BCUT2D eigenvalue weighted by atomic mass is 35.5. The first-order chi connectivity index (χ1) is 16.1. The maximum Gasteiger partial charge on any atom is 0.161 e. The molecule has 0 spiro atoms. The van der Waals surface area contributed by atoms with Crippen molar-refractivity contribution in [3.63, 3.8) is 0 Å². The van der Waals surface area contributed by atoms with E-state index in [0.717, 1.165) is 55.4 Å². The number of nitrogens with zero attached hydrogens (tertiary/aromatic N) is 3. The molecule has 0 N–H and O–H groups in total. The molecule has 2 aromatic rings. The molecule has 2 aliphatic rings. The maximum absolute atomic E-state index is 8.71. The summed E-state index contributed by atoms with van der Waals surface area (Å²) in [6, 6.07) is 15.4. The minimum Gasteiger partial charge on any atom is -0.495 e. The zero-order chi connectivity index (χ0) is 23.2. The van der Waals surface area contributed by atoms with Crippen molar-refractivity contribution in [2.45, 2.75) is 44.2 Å². The number of piperazine rings is 1. The fourth-order valence-corrected chi connectivity index (χ4v) is 5.23. The second-order valence-corrected chi connectivity index (χ2v) is 9.03. The van der Waals surface area contributed by atoms with Crippen LogP contribution in [0.15, 0.2) is 36.4 Å². The Morgan fingerprint density at radius 2 is 1.88 bits per heavy atom. The van der Waals surface area contributed by atoms with Crippen LogP contribution < -0.4 is 19.1 Å². The molecule has 6 nitrogen and oxygen atoms in total. The molecule has 2 heterocycles. The molecular formula is C26H32ClN3O3. The molecule has 0 aliphatic carbocycles. The van der Waals surface area contributed by atoms with Crippen molar-refractivity contribution >= 4 is 17.3 Å². The SMILES string of the molecule is COc1cc(N2CCN3[C@@H](CCC[C@@H]3c3ccc(OCCCC#N)c(OC)c3)C2)ccc1Cl. The van der Waals surface area contributed by atoms with Crippen molar-refractivity contribution in [1.82, 2.24) is 4.90 Å². The lowest BCUT2D eigenvalue weighted by molar-refractivity contribution is 0.0715. The van der Waals surface area contributed by atoms with Crippen LogP contribution in [0.4, 0.5) is 5.69 Å². The normalized spacial score (nSPS) is 20.6. The van der Waals surface area contributed by atoms with Crippen molar-refractivity contribution in [2.75, 3.05) is 45.4 Å². The van der Waals surface area contributed by atoms with Gasteiger partial charge in [-0.15, -0.1) is 0 Å². The summed E-state index contributed by atoms with van der Waals surface area (Å²) in [6.45, 7) is 3.49. The highest BCUT2D eigenvalue weighted by molar-refractivity contribution is 6.32. The van der Waals surface area contributed by atoms with E-state index in [1.807, 2.05) is 18.2 Å². The van der Waals surface area contributed by atoms with Crippen molar-refractivity contribution in [3.05, 3.63) is 47.0 Å². The first-order valence-corrected chi connectivity index (χ1v) is 12.0. The number of piperidine rings is 1. The van der Waals surface area contributed by atoms with E-state index in [9.17, 15) is 0 Å². The summed E-state index contributed by atoms with van der Waals surface area (Å²) >= 11 is 6.23. The number of anilines is 1. The fraction of sp³-hybridized carbons (Fsp3) is 0.500. The first kappa shape index (κ1) is 23.5. The van der Waals surface area contributed by atoms with Gasteiger partial charge in [0.15, 0.2) is 11.5 Å². The molecule has 2 fully saturated rings. The van der Waals surface area contributed by atoms with Gasteiger partial charge < -0.3 is 19.1 Å². The molecule has 176 valence electrons. The molecule has 33 heavy (non-hydrogen) atoms. The van der Waals surface area contributed by atoms with Crippen LogP contribution in [0.3, 0.4) is 0 Å². The minimum atomic E-state index is 0.382. The number of hydrogen-bond acceptors (Lipinski definition) is 6. The van der Waals surface area contributed by atoms with Gasteiger partial charge in [-0.2, -0.15) is 5.26 Å². The predicted molar refractivity (Wildman–Crippen MR) is 131 cm³/mol. The largest absolute Gasteiger partial charge is 0.495 e. The third-order valence-electron chi connectivity index (χ3n) is 6.71. The zero-order valence-electron chi connectivity index (χ0n) is 19.4. The van der Waals surface area contributed by atoms with Crippen LogP contribution in [-0.2, 0) is 0 Å². The molecule has 7 heteroatoms. The molecular weight excluding hydrogens is 438 g/mol. The minimum absolute atomic E-state index is 0.382. The Labute approximate surface area is 201 Å². The number of ether oxygens (including phenoxy) is 3. The summed E-state index contributed by atoms with van der Waals surface area (Å²) in [4.78, 5) is 5.11. The zero-order valence-corrected chi connectivity index (χ0v) is 20.2. The average Bonchev–Trinajstić information content (AvgIpc) is 2.86. The van der Waals surface area contributed by atoms with Gasteiger partial charge in [0.25, 0.3) is 0 Å². The van der Waals surface area contributed by atoms with Crippen LogP contribution in [0.5, 0.6) is 17.2 Å². The third kappa shape index (κ3) is 5.31. The fourth-order valence-electron chi connectivity index (χ4n) is 5.03. The number of fused-ring (bicyclic) bond motifs is 1. The summed E-state index contributed by atoms with van der Waals surface area (Å²) < 4.78 is 16.9. The van der Waals surface area contributed by atoms with Crippen molar-refractivity contribution in [1.29, 1.82) is 5.26 Å². The van der Waals surface area contributed by atoms with E-state index < -0.39 is 0 Å². The highest BCUT2D eigenvalue weighted by Gasteiger charge is 2.36. The Morgan fingerprint density at radius 3 is 2.67 bits per heavy atom. The monoisotopic (exact) mass is 469 g/mol. The Hall–Kier alpha value is -2.62. The molecule has 2 saturated heterocycles. The third-order valence-corrected chi connectivity index (χ3v) is 7.02. The number of hydrogen-bond donors (Lipinski definition) is 0. The second kappa shape index (κ2) is 11.0. The molecule has 0 amide bonds. The van der Waals surface area contributed by atoms with Crippen LogP contribution in [-0.4, -0.2) is 51.4 Å². The molecule has 0 bridgehead atoms. The Morgan fingerprint density at radius 1 is 1.03 bits per heavy atom. The van der Waals surface area contributed by atoms with Gasteiger partial charge in [0.2, 0.25) is 0 Å². The number of halogens is 1. The molecule has 0 radical (unpaired) electrons. The lowest BCUT2D eigenvalue weighted by Gasteiger charge is -2.49. The van der Waals surface area contributed by atoms with E-state index in [0.29, 0.717) is 30.1 Å². The van der Waals surface area contributed by atoms with Crippen LogP contribution in [0, 0.1) is 11.3 Å². The van der Waals surface area contributed by atoms with Gasteiger partial charge in [-0.25, -0.2) is 0 Å². The summed E-state index contributed by atoms with van der Waals surface area (Å²) in [5.41, 5.74) is 2.44. The Kier molecular flexibility index (Phi) is 7.85. The number of rotatable bonds is 8. The van der Waals surface area contributed by atoms with Crippen LogP contribution in [0.25, 0.3) is 0 Å². The van der Waals surface area contributed by atoms with Gasteiger partial charge in [0, 0.05) is 49.9 Å². The van der Waals surface area contributed by atoms with E-state index in [1.165, 1.54) is 18.4 Å². The average molecular weight is 470 g/mol. The van der Waals surface area contributed by atoms with Crippen LogP contribution in [0.2, 0.25) is 5.02 Å². The smallest absolute Gasteiger partial charge is 0.161 e. The van der Waals surface area contributed by atoms with E-state index in [2.05, 4.69) is 34.1 Å². The Bertz CT molecular complexity index is 993. The number of unbranched alkanes of at least 4 members (excludes halogenated alkanes) is 1. The standard InChI is InChI=1S/C26H32ClN3O3/c1-31-25-17-20(9-10-22(25)27)29-13-14-30-21(18-29)6-5-7-23(30)19-8-11-24(26(16-19)32-2)33-15-4-3-12-28/h8-11,16-17,21,23H,3-7,13-15,18H2,1-2H3/t21-,23+/m0/s1. The van der Waals surface area contributed by atoms with E-state index in [1.54, 1.807) is 14.2 Å². The molecule has 4 rings (SSSR count). The first-order valence-electron chi connectivity index (χ1n) is 11.7. The topological polar surface area (TPSA) is 58.0 Å². The van der Waals surface area contributed by atoms with Gasteiger partial charge in [0.1, 0.15) is 5.75 Å². The number of nitriles is 1. The van der Waals surface area contributed by atoms with E-state index in [-0.39, 0.29) is 0 Å². The summed E-state index contributed by atoms with van der Waals surface area (Å²) in [7, 11) is 3.34. The quantitative estimate of drug-likeness (QED) is 0.479. The van der Waals surface area contributed by atoms with Crippen molar-refractivity contribution in [3.8, 4) is 23.3 Å². The van der Waals surface area contributed by atoms with E-state index >= 15 is 0 Å². The van der Waals surface area contributed by atoms with Crippen molar-refractivity contribution < 1.29 is 14.2 Å². The molecule has 2 atom stereocenters. The van der Waals surface area contributed by atoms with Crippen molar-refractivity contribution in [2.24, 2.45) is 0 Å². The van der Waals surface area contributed by atoms with E-state index in [4.69, 9.17) is 31.1 Å². The highest BCUT2D eigenvalue weighted by Crippen LogP contribution is 2.40. The lowest BCUT2D eigenvalue weighted by Crippen LogP contribution is -2.55.